The number of nitrogens with zero attached hydrogens (tertiary/aromatic N) is 1. The Hall–Kier alpha value is -1.85. The lowest BCUT2D eigenvalue weighted by Gasteiger charge is -2.58. The van der Waals surface area contributed by atoms with Crippen molar-refractivity contribution in [2.24, 2.45) is 11.8 Å². The lowest BCUT2D eigenvalue weighted by Crippen LogP contribution is -2.67. The predicted octanol–water partition coefficient (Wildman–Crippen LogP) is 2.88. The molecule has 4 heterocycles. The number of esters is 1. The Bertz CT molecular complexity index is 1040. The molecule has 0 amide bonds. The zero-order valence-electron chi connectivity index (χ0n) is 19.7. The summed E-state index contributed by atoms with van der Waals surface area (Å²) in [6.07, 6.45) is -0.246. The minimum Gasteiger partial charge on any atom is -0.468 e. The first-order chi connectivity index (χ1) is 14.7. The van der Waals surface area contributed by atoms with Crippen LogP contribution in [0.4, 0.5) is 0 Å². The van der Waals surface area contributed by atoms with E-state index in [1.165, 1.54) is 7.11 Å². The average Bonchev–Trinajstić information content (AvgIpc) is 3.16. The van der Waals surface area contributed by atoms with Crippen LogP contribution in [0.15, 0.2) is 24.3 Å². The number of methoxy groups -OCH3 is 2. The number of para-hydroxylation sites is 1. The monoisotopic (exact) mass is 372 g/mol. The Labute approximate surface area is 165 Å². The van der Waals surface area contributed by atoms with Crippen molar-refractivity contribution in [2.45, 2.75) is 37.1 Å². The summed E-state index contributed by atoms with van der Waals surface area (Å²) in [7, 11) is 3.00. The van der Waals surface area contributed by atoms with Crippen LogP contribution in [0.25, 0.3) is 10.9 Å². The van der Waals surface area contributed by atoms with Crippen molar-refractivity contribution in [3.05, 3.63) is 35.5 Å². The third kappa shape index (κ3) is 2.34. The maximum atomic E-state index is 13.6. The summed E-state index contributed by atoms with van der Waals surface area (Å²) < 4.78 is 46.8. The summed E-state index contributed by atoms with van der Waals surface area (Å²) in [6, 6.07) is 6.81. The Balaban J connectivity index is 1.86. The average molecular weight is 373 g/mol. The van der Waals surface area contributed by atoms with Gasteiger partial charge in [-0.05, 0) is 49.1 Å². The summed E-state index contributed by atoms with van der Waals surface area (Å²) in [4.78, 5) is 18.6. The van der Waals surface area contributed by atoms with E-state index in [4.69, 9.17) is 15.0 Å². The van der Waals surface area contributed by atoms with Crippen molar-refractivity contribution < 1.29 is 19.8 Å². The van der Waals surface area contributed by atoms with Crippen molar-refractivity contribution in [3.63, 3.8) is 0 Å². The normalized spacial score (nSPS) is 40.2. The second-order valence-corrected chi connectivity index (χ2v) is 8.06. The fourth-order valence-electron chi connectivity index (χ4n) is 5.80. The van der Waals surface area contributed by atoms with Crippen LogP contribution < -0.4 is 0 Å². The summed E-state index contributed by atoms with van der Waals surface area (Å²) in [5, 5.41) is 0.618. The minimum atomic E-state index is -2.33. The lowest BCUT2D eigenvalue weighted by molar-refractivity contribution is -0.162. The number of rotatable bonds is 4. The second kappa shape index (κ2) is 6.35. The van der Waals surface area contributed by atoms with Crippen molar-refractivity contribution in [2.75, 3.05) is 33.9 Å². The van der Waals surface area contributed by atoms with Crippen LogP contribution in [0.3, 0.4) is 0 Å². The molecule has 5 nitrogen and oxygen atoms in total. The molecule has 2 saturated heterocycles. The lowest BCUT2D eigenvalue weighted by atomic mass is 9.56. The van der Waals surface area contributed by atoms with Gasteiger partial charge >= 0.3 is 5.97 Å². The number of aromatic nitrogens is 1. The van der Waals surface area contributed by atoms with Gasteiger partial charge in [-0.3, -0.25) is 9.69 Å². The number of carbonyl (C=O) groups is 1. The number of aromatic amines is 1. The van der Waals surface area contributed by atoms with Gasteiger partial charge in [0.05, 0.1) is 7.11 Å². The fraction of sp³-hybridized carbons (Fsp3) is 0.591. The molecule has 2 aromatic rings. The van der Waals surface area contributed by atoms with E-state index >= 15 is 0 Å². The minimum absolute atomic E-state index is 0.00483. The molecule has 3 unspecified atom stereocenters. The van der Waals surface area contributed by atoms with Crippen LogP contribution in [0.2, 0.25) is 0 Å². The van der Waals surface area contributed by atoms with Crippen LogP contribution in [0.5, 0.6) is 0 Å². The molecule has 3 aliphatic heterocycles. The first kappa shape index (κ1) is 13.3. The Morgan fingerprint density at radius 2 is 2.26 bits per heavy atom. The molecule has 1 aliphatic carbocycles. The predicted molar refractivity (Wildman–Crippen MR) is 104 cm³/mol. The molecule has 0 spiro atoms. The number of aryl methyl sites for hydroxylation is 1. The van der Waals surface area contributed by atoms with Crippen LogP contribution >= 0.6 is 0 Å². The molecule has 3 fully saturated rings. The highest BCUT2D eigenvalue weighted by Crippen LogP contribution is 2.55. The number of piperidine rings is 2. The van der Waals surface area contributed by atoms with E-state index in [1.54, 1.807) is 18.1 Å². The maximum absolute atomic E-state index is 13.6. The number of hydrogen-bond donors (Lipinski definition) is 1. The SMILES string of the molecule is [2H]C1([2H])c2c([nH]c3ccccc23)[C@]2(C(=O)OC)CC3C[C@H](CCOC)C2N(C3)C1([2H])[2H]. The van der Waals surface area contributed by atoms with Gasteiger partial charge in [0.25, 0.3) is 0 Å². The molecule has 1 aromatic heterocycles. The Morgan fingerprint density at radius 1 is 1.41 bits per heavy atom. The van der Waals surface area contributed by atoms with Gasteiger partial charge in [0.1, 0.15) is 5.41 Å². The topological polar surface area (TPSA) is 54.6 Å². The third-order valence-electron chi connectivity index (χ3n) is 6.71. The number of carbonyl (C=O) groups excluding carboxylic acids is 1. The van der Waals surface area contributed by atoms with E-state index in [0.29, 0.717) is 42.6 Å². The number of hydrogen-bond acceptors (Lipinski definition) is 4. The van der Waals surface area contributed by atoms with Gasteiger partial charge in [0.15, 0.2) is 0 Å². The molecular formula is C22H28N2O3. The second-order valence-electron chi connectivity index (χ2n) is 8.06. The maximum Gasteiger partial charge on any atom is 0.319 e. The zero-order valence-corrected chi connectivity index (χ0v) is 15.7. The van der Waals surface area contributed by atoms with E-state index in [2.05, 4.69) is 4.98 Å². The van der Waals surface area contributed by atoms with Gasteiger partial charge in [0.2, 0.25) is 0 Å². The molecule has 1 saturated carbocycles. The molecule has 6 rings (SSSR count). The van der Waals surface area contributed by atoms with Crippen LogP contribution in [0.1, 0.15) is 36.0 Å². The molecular weight excluding hydrogens is 340 g/mol. The number of nitrogens with one attached hydrogen (secondary N) is 1. The highest BCUT2D eigenvalue weighted by Gasteiger charge is 2.62. The van der Waals surface area contributed by atoms with E-state index in [9.17, 15) is 4.79 Å². The number of ether oxygens (including phenoxy) is 2. The fourth-order valence-corrected chi connectivity index (χ4v) is 5.80. The summed E-state index contributed by atoms with van der Waals surface area (Å²) in [6.45, 7) is -1.35. The highest BCUT2D eigenvalue weighted by molar-refractivity contribution is 5.91. The largest absolute Gasteiger partial charge is 0.468 e. The van der Waals surface area contributed by atoms with E-state index in [-0.39, 0.29) is 17.4 Å². The van der Waals surface area contributed by atoms with Crippen molar-refractivity contribution >= 4 is 16.9 Å². The molecule has 144 valence electrons. The summed E-state index contributed by atoms with van der Waals surface area (Å²) >= 11 is 0. The molecule has 1 aromatic carbocycles. The van der Waals surface area contributed by atoms with Gasteiger partial charge < -0.3 is 14.5 Å². The molecule has 4 bridgehead atoms. The van der Waals surface area contributed by atoms with Crippen LogP contribution in [-0.2, 0) is 26.1 Å². The number of benzene rings is 1. The van der Waals surface area contributed by atoms with Crippen LogP contribution in [-0.4, -0.2) is 55.8 Å². The van der Waals surface area contributed by atoms with Crippen LogP contribution in [0, 0.1) is 11.8 Å². The van der Waals surface area contributed by atoms with Gasteiger partial charge in [-0.1, -0.05) is 18.2 Å². The quantitative estimate of drug-likeness (QED) is 0.839. The van der Waals surface area contributed by atoms with E-state index in [1.807, 2.05) is 18.2 Å². The van der Waals surface area contributed by atoms with Gasteiger partial charge in [-0.15, -0.1) is 0 Å². The van der Waals surface area contributed by atoms with Crippen molar-refractivity contribution in [1.82, 2.24) is 9.88 Å². The molecule has 5 heteroatoms. The number of H-pyrrole nitrogens is 1. The summed E-state index contributed by atoms with van der Waals surface area (Å²) in [5.41, 5.74) is 0.284. The van der Waals surface area contributed by atoms with Gasteiger partial charge in [0, 0.05) is 54.9 Å². The molecule has 0 radical (unpaired) electrons. The summed E-state index contributed by atoms with van der Waals surface area (Å²) in [5.74, 6) is -0.361. The van der Waals surface area contributed by atoms with Gasteiger partial charge in [-0.25, -0.2) is 0 Å². The molecule has 4 aliphatic rings. The van der Waals surface area contributed by atoms with Gasteiger partial charge in [-0.2, -0.15) is 0 Å². The zero-order chi connectivity index (χ0) is 22.2. The highest BCUT2D eigenvalue weighted by atomic mass is 16.5. The first-order valence-corrected chi connectivity index (χ1v) is 9.66. The smallest absolute Gasteiger partial charge is 0.319 e. The molecule has 1 N–H and O–H groups in total. The first-order valence-electron chi connectivity index (χ1n) is 11.7. The number of fused-ring (bicyclic) bond motifs is 4. The standard InChI is InChI=1S/C22H28N2O3/c1-26-10-8-15-11-14-12-22(21(25)27-2)19-17(7-9-24(13-14)20(15)22)16-5-3-4-6-18(16)23-19/h3-6,14-15,20,23H,7-13H2,1-2H3/t14?,15-,20?,22+/m0/s1/i7D2,9D2. The van der Waals surface area contributed by atoms with E-state index < -0.39 is 30.3 Å². The molecule has 27 heavy (non-hydrogen) atoms. The Kier molecular flexibility index (Phi) is 3.14. The van der Waals surface area contributed by atoms with Crippen molar-refractivity contribution in [1.29, 1.82) is 0 Å². The molecule has 5 atom stereocenters. The van der Waals surface area contributed by atoms with Crippen molar-refractivity contribution in [3.8, 4) is 0 Å². The Morgan fingerprint density at radius 3 is 3.07 bits per heavy atom. The third-order valence-corrected chi connectivity index (χ3v) is 6.71. The van der Waals surface area contributed by atoms with E-state index in [0.717, 1.165) is 6.42 Å².